The van der Waals surface area contributed by atoms with Crippen LogP contribution in [0.3, 0.4) is 0 Å². The highest BCUT2D eigenvalue weighted by Crippen LogP contribution is 2.31. The number of nitrogens with one attached hydrogen (secondary N) is 1. The molecule has 0 aliphatic carbocycles. The quantitative estimate of drug-likeness (QED) is 0.603. The Hall–Kier alpha value is -3.81. The largest absolute Gasteiger partial charge is 0.416 e. The summed E-state index contributed by atoms with van der Waals surface area (Å²) < 4.78 is 38.9. The first-order chi connectivity index (χ1) is 16.3. The molecule has 34 heavy (non-hydrogen) atoms. The van der Waals surface area contributed by atoms with Crippen LogP contribution in [0.5, 0.6) is 0 Å². The van der Waals surface area contributed by atoms with Crippen molar-refractivity contribution < 1.29 is 22.8 Å². The first-order valence-electron chi connectivity index (χ1n) is 10.9. The number of anilines is 1. The number of carbonyl (C=O) groups excluding carboxylic acids is 2. The van der Waals surface area contributed by atoms with Gasteiger partial charge in [-0.25, -0.2) is 0 Å². The number of amides is 2. The average molecular weight is 467 g/mol. The number of piperazine rings is 1. The van der Waals surface area contributed by atoms with Crippen LogP contribution in [0.25, 0.3) is 11.1 Å². The second-order valence-corrected chi connectivity index (χ2v) is 8.04. The van der Waals surface area contributed by atoms with Crippen molar-refractivity contribution in [2.45, 2.75) is 6.18 Å². The molecule has 2 amide bonds. The second kappa shape index (κ2) is 9.99. The normalized spacial score (nSPS) is 14.1. The van der Waals surface area contributed by atoms with E-state index in [1.807, 2.05) is 47.4 Å². The van der Waals surface area contributed by atoms with Gasteiger partial charge in [0, 0.05) is 37.4 Å². The van der Waals surface area contributed by atoms with Crippen LogP contribution in [0.2, 0.25) is 0 Å². The van der Waals surface area contributed by atoms with Crippen molar-refractivity contribution in [3.63, 3.8) is 0 Å². The van der Waals surface area contributed by atoms with Gasteiger partial charge in [-0.15, -0.1) is 0 Å². The fraction of sp³-hybridized carbons (Fsp3) is 0.231. The van der Waals surface area contributed by atoms with Gasteiger partial charge in [-0.3, -0.25) is 9.59 Å². The van der Waals surface area contributed by atoms with Crippen molar-refractivity contribution in [3.8, 4) is 11.1 Å². The van der Waals surface area contributed by atoms with Crippen molar-refractivity contribution in [2.24, 2.45) is 0 Å². The molecule has 0 bridgehead atoms. The molecule has 3 aromatic rings. The van der Waals surface area contributed by atoms with E-state index in [4.69, 9.17) is 0 Å². The monoisotopic (exact) mass is 467 g/mol. The van der Waals surface area contributed by atoms with Crippen molar-refractivity contribution in [2.75, 3.05) is 37.6 Å². The van der Waals surface area contributed by atoms with E-state index < -0.39 is 11.7 Å². The molecule has 176 valence electrons. The van der Waals surface area contributed by atoms with Gasteiger partial charge in [0.1, 0.15) is 0 Å². The van der Waals surface area contributed by atoms with E-state index in [0.29, 0.717) is 37.4 Å². The van der Waals surface area contributed by atoms with E-state index >= 15 is 0 Å². The average Bonchev–Trinajstić information content (AvgIpc) is 2.87. The molecule has 0 radical (unpaired) electrons. The second-order valence-electron chi connectivity index (χ2n) is 8.04. The Morgan fingerprint density at radius 3 is 2.09 bits per heavy atom. The van der Waals surface area contributed by atoms with Gasteiger partial charge in [0.15, 0.2) is 0 Å². The highest BCUT2D eigenvalue weighted by molar-refractivity contribution is 5.96. The Bertz CT molecular complexity index is 1140. The minimum Gasteiger partial charge on any atom is -0.368 e. The Balaban J connectivity index is 1.27. The zero-order chi connectivity index (χ0) is 24.1. The third kappa shape index (κ3) is 5.57. The number of nitrogens with zero attached hydrogens (tertiary/aromatic N) is 2. The number of benzene rings is 3. The molecule has 0 atom stereocenters. The van der Waals surface area contributed by atoms with Gasteiger partial charge in [-0.05, 0) is 41.5 Å². The molecule has 0 saturated carbocycles. The number of hydrogen-bond donors (Lipinski definition) is 1. The first kappa shape index (κ1) is 23.4. The summed E-state index contributed by atoms with van der Waals surface area (Å²) in [6, 6.07) is 22.1. The van der Waals surface area contributed by atoms with Crippen molar-refractivity contribution in [3.05, 3.63) is 90.0 Å². The highest BCUT2D eigenvalue weighted by atomic mass is 19.4. The van der Waals surface area contributed by atoms with E-state index in [2.05, 4.69) is 5.32 Å². The van der Waals surface area contributed by atoms with Crippen LogP contribution in [-0.2, 0) is 11.0 Å². The van der Waals surface area contributed by atoms with Crippen LogP contribution >= 0.6 is 0 Å². The van der Waals surface area contributed by atoms with Gasteiger partial charge >= 0.3 is 6.18 Å². The summed E-state index contributed by atoms with van der Waals surface area (Å²) in [5, 5.41) is 2.65. The Morgan fingerprint density at radius 2 is 1.44 bits per heavy atom. The van der Waals surface area contributed by atoms with Crippen molar-refractivity contribution in [1.82, 2.24) is 10.2 Å². The molecule has 1 fully saturated rings. The first-order valence-corrected chi connectivity index (χ1v) is 10.9. The maximum atomic E-state index is 13.0. The zero-order valence-corrected chi connectivity index (χ0v) is 18.4. The van der Waals surface area contributed by atoms with Gasteiger partial charge in [0.05, 0.1) is 12.1 Å². The predicted octanol–water partition coefficient (Wildman–Crippen LogP) is 4.45. The topological polar surface area (TPSA) is 52.7 Å². The van der Waals surface area contributed by atoms with Crippen LogP contribution in [0, 0.1) is 0 Å². The standard InChI is InChI=1S/C26H24F3N3O2/c27-26(28,29)22-7-4-8-23(17-22)31-13-15-32(16-14-31)24(33)18-30-25(34)21-11-9-20(10-12-21)19-5-2-1-3-6-19/h1-12,17H,13-16,18H2,(H,30,34). The van der Waals surface area contributed by atoms with E-state index in [1.54, 1.807) is 23.1 Å². The highest BCUT2D eigenvalue weighted by Gasteiger charge is 2.31. The summed E-state index contributed by atoms with van der Waals surface area (Å²) >= 11 is 0. The number of carbonyl (C=O) groups is 2. The molecule has 3 aromatic carbocycles. The van der Waals surface area contributed by atoms with E-state index in [-0.39, 0.29) is 18.4 Å². The van der Waals surface area contributed by atoms with Crippen LogP contribution in [-0.4, -0.2) is 49.4 Å². The van der Waals surface area contributed by atoms with Gasteiger partial charge in [0.2, 0.25) is 5.91 Å². The SMILES string of the molecule is O=C(NCC(=O)N1CCN(c2cccc(C(F)(F)F)c2)CC1)c1ccc(-c2ccccc2)cc1. The molecule has 1 N–H and O–H groups in total. The summed E-state index contributed by atoms with van der Waals surface area (Å²) in [4.78, 5) is 28.4. The molecule has 1 saturated heterocycles. The van der Waals surface area contributed by atoms with E-state index in [9.17, 15) is 22.8 Å². The van der Waals surface area contributed by atoms with Crippen molar-refractivity contribution in [1.29, 1.82) is 0 Å². The lowest BCUT2D eigenvalue weighted by Gasteiger charge is -2.36. The number of alkyl halides is 3. The summed E-state index contributed by atoms with van der Waals surface area (Å²) in [7, 11) is 0. The number of rotatable bonds is 5. The molecule has 1 heterocycles. The maximum absolute atomic E-state index is 13.0. The molecule has 0 unspecified atom stereocenters. The molecule has 5 nitrogen and oxygen atoms in total. The van der Waals surface area contributed by atoms with Gasteiger partial charge in [0.25, 0.3) is 5.91 Å². The zero-order valence-electron chi connectivity index (χ0n) is 18.4. The Morgan fingerprint density at radius 1 is 0.794 bits per heavy atom. The Kier molecular flexibility index (Phi) is 6.86. The molecular weight excluding hydrogens is 443 g/mol. The summed E-state index contributed by atoms with van der Waals surface area (Å²) in [5.41, 5.74) is 2.29. The maximum Gasteiger partial charge on any atom is 0.416 e. The molecule has 8 heteroatoms. The van der Waals surface area contributed by atoms with E-state index in [1.165, 1.54) is 6.07 Å². The van der Waals surface area contributed by atoms with Crippen LogP contribution in [0.4, 0.5) is 18.9 Å². The molecule has 0 spiro atoms. The number of halogens is 3. The molecule has 0 aromatic heterocycles. The summed E-state index contributed by atoms with van der Waals surface area (Å²) in [6.07, 6.45) is -4.39. The third-order valence-electron chi connectivity index (χ3n) is 5.83. The fourth-order valence-electron chi connectivity index (χ4n) is 3.91. The van der Waals surface area contributed by atoms with Gasteiger partial charge in [-0.2, -0.15) is 13.2 Å². The lowest BCUT2D eigenvalue weighted by atomic mass is 10.0. The molecule has 4 rings (SSSR count). The predicted molar refractivity (Wildman–Crippen MR) is 124 cm³/mol. The fourth-order valence-corrected chi connectivity index (χ4v) is 3.91. The Labute approximate surface area is 195 Å². The molecule has 1 aliphatic heterocycles. The van der Waals surface area contributed by atoms with Gasteiger partial charge < -0.3 is 15.1 Å². The minimum atomic E-state index is -4.39. The molecule has 1 aliphatic rings. The summed E-state index contributed by atoms with van der Waals surface area (Å²) in [5.74, 6) is -0.562. The summed E-state index contributed by atoms with van der Waals surface area (Å²) in [6.45, 7) is 1.44. The lowest BCUT2D eigenvalue weighted by Crippen LogP contribution is -2.51. The van der Waals surface area contributed by atoms with E-state index in [0.717, 1.165) is 23.3 Å². The number of hydrogen-bond acceptors (Lipinski definition) is 3. The minimum absolute atomic E-state index is 0.136. The van der Waals surface area contributed by atoms with Gasteiger partial charge in [-0.1, -0.05) is 48.5 Å². The smallest absolute Gasteiger partial charge is 0.368 e. The van der Waals surface area contributed by atoms with Crippen molar-refractivity contribution >= 4 is 17.5 Å². The molecular formula is C26H24F3N3O2. The van der Waals surface area contributed by atoms with Crippen LogP contribution in [0.1, 0.15) is 15.9 Å². The van der Waals surface area contributed by atoms with Crippen LogP contribution < -0.4 is 10.2 Å². The van der Waals surface area contributed by atoms with Crippen LogP contribution in [0.15, 0.2) is 78.9 Å². The lowest BCUT2D eigenvalue weighted by molar-refractivity contribution is -0.137. The third-order valence-corrected chi connectivity index (χ3v) is 5.83.